The lowest BCUT2D eigenvalue weighted by Gasteiger charge is -2.28. The predicted octanol–water partition coefficient (Wildman–Crippen LogP) is 3.26. The fourth-order valence-electron chi connectivity index (χ4n) is 3.50. The summed E-state index contributed by atoms with van der Waals surface area (Å²) in [5, 5.41) is 22.3. The molecule has 1 atom stereocenters. The highest BCUT2D eigenvalue weighted by Gasteiger charge is 2.21. The largest absolute Gasteiger partial charge is 0.508 e. The number of phenolic OH excluding ortho intramolecular Hbond substituents is 2. The zero-order chi connectivity index (χ0) is 22.1. The molecule has 2 aromatic carbocycles. The molecule has 0 heterocycles. The molecule has 0 aromatic heterocycles. The molecule has 0 aliphatic carbocycles. The van der Waals surface area contributed by atoms with E-state index in [1.807, 2.05) is 13.0 Å². The van der Waals surface area contributed by atoms with Gasteiger partial charge < -0.3 is 20.4 Å². The molecule has 0 radical (unpaired) electrons. The second-order valence-corrected chi connectivity index (χ2v) is 8.02. The Hall–Kier alpha value is -3.02. The third-order valence-electron chi connectivity index (χ3n) is 4.84. The van der Waals surface area contributed by atoms with Gasteiger partial charge in [0.25, 0.3) is 0 Å². The van der Waals surface area contributed by atoms with E-state index >= 15 is 0 Å². The van der Waals surface area contributed by atoms with Crippen molar-refractivity contribution in [3.05, 3.63) is 59.7 Å². The lowest BCUT2D eigenvalue weighted by atomic mass is 10.0. The first-order chi connectivity index (χ1) is 14.3. The highest BCUT2D eigenvalue weighted by Crippen LogP contribution is 2.14. The molecule has 3 N–H and O–H groups in total. The molecule has 30 heavy (non-hydrogen) atoms. The summed E-state index contributed by atoms with van der Waals surface area (Å²) in [7, 11) is 0. The van der Waals surface area contributed by atoms with Crippen LogP contribution in [0.5, 0.6) is 11.5 Å². The van der Waals surface area contributed by atoms with Crippen LogP contribution in [0.25, 0.3) is 0 Å². The number of amides is 2. The van der Waals surface area contributed by atoms with E-state index in [1.54, 1.807) is 47.4 Å². The first kappa shape index (κ1) is 23.3. The molecule has 0 spiro atoms. The third-order valence-corrected chi connectivity index (χ3v) is 4.84. The number of likely N-dealkylation sites (N-methyl/N-ethyl adjacent to an activating group) is 1. The second kappa shape index (κ2) is 11.2. The summed E-state index contributed by atoms with van der Waals surface area (Å²) in [6, 6.07) is 13.2. The van der Waals surface area contributed by atoms with Crippen molar-refractivity contribution in [2.24, 2.45) is 5.92 Å². The maximum Gasteiger partial charge on any atom is 0.227 e. The molecular formula is C24H32N2O4. The van der Waals surface area contributed by atoms with Gasteiger partial charge in [0.1, 0.15) is 11.5 Å². The van der Waals surface area contributed by atoms with E-state index in [2.05, 4.69) is 19.2 Å². The number of carbonyl (C=O) groups excluding carboxylic acids is 2. The molecule has 2 amide bonds. The van der Waals surface area contributed by atoms with E-state index in [4.69, 9.17) is 0 Å². The number of hydrogen-bond acceptors (Lipinski definition) is 4. The van der Waals surface area contributed by atoms with Crippen molar-refractivity contribution in [1.29, 1.82) is 0 Å². The van der Waals surface area contributed by atoms with Gasteiger partial charge in [0.2, 0.25) is 11.8 Å². The van der Waals surface area contributed by atoms with Gasteiger partial charge in [-0.15, -0.1) is 0 Å². The van der Waals surface area contributed by atoms with Crippen LogP contribution in [0.3, 0.4) is 0 Å². The molecule has 0 aliphatic rings. The Labute approximate surface area is 178 Å². The maximum absolute atomic E-state index is 12.8. The van der Waals surface area contributed by atoms with Crippen molar-refractivity contribution >= 4 is 11.8 Å². The maximum atomic E-state index is 12.8. The number of hydrogen-bond donors (Lipinski definition) is 3. The normalized spacial score (nSPS) is 11.9. The molecule has 0 aliphatic heterocycles. The van der Waals surface area contributed by atoms with Crippen LogP contribution in [0.1, 0.15) is 38.3 Å². The van der Waals surface area contributed by atoms with Gasteiger partial charge in [-0.3, -0.25) is 9.59 Å². The van der Waals surface area contributed by atoms with Crippen LogP contribution in [0.4, 0.5) is 0 Å². The Kier molecular flexibility index (Phi) is 8.71. The lowest BCUT2D eigenvalue weighted by molar-refractivity contribution is -0.131. The zero-order valence-corrected chi connectivity index (χ0v) is 18.0. The summed E-state index contributed by atoms with van der Waals surface area (Å²) in [6.45, 7) is 7.05. The molecule has 162 valence electrons. The number of aromatic hydroxyl groups is 2. The van der Waals surface area contributed by atoms with Crippen LogP contribution in [0, 0.1) is 5.92 Å². The Morgan fingerprint density at radius 3 is 2.03 bits per heavy atom. The average Bonchev–Trinajstić information content (AvgIpc) is 2.65. The Bertz CT molecular complexity index is 851. The molecule has 0 unspecified atom stereocenters. The van der Waals surface area contributed by atoms with E-state index in [1.165, 1.54) is 0 Å². The van der Waals surface area contributed by atoms with Gasteiger partial charge in [-0.1, -0.05) is 38.1 Å². The standard InChI is InChI=1S/C24H32N2O4/c1-4-26(24(30)15-19-8-6-10-22(28)13-19)16-20(11-17(2)3)25-23(29)14-18-7-5-9-21(27)12-18/h5-10,12-13,17,20,27-28H,4,11,14-16H2,1-3H3,(H,25,29)/t20-/m1/s1. The van der Waals surface area contributed by atoms with Crippen molar-refractivity contribution in [2.45, 2.75) is 46.1 Å². The van der Waals surface area contributed by atoms with Gasteiger partial charge in [0.15, 0.2) is 0 Å². The number of carbonyl (C=O) groups is 2. The fourth-order valence-corrected chi connectivity index (χ4v) is 3.50. The number of rotatable bonds is 10. The summed E-state index contributed by atoms with van der Waals surface area (Å²) in [4.78, 5) is 27.1. The van der Waals surface area contributed by atoms with E-state index < -0.39 is 0 Å². The molecule has 0 fully saturated rings. The zero-order valence-electron chi connectivity index (χ0n) is 18.0. The third kappa shape index (κ3) is 7.78. The monoisotopic (exact) mass is 412 g/mol. The van der Waals surface area contributed by atoms with Gasteiger partial charge in [-0.2, -0.15) is 0 Å². The van der Waals surface area contributed by atoms with Crippen LogP contribution in [-0.2, 0) is 22.4 Å². The van der Waals surface area contributed by atoms with Crippen molar-refractivity contribution < 1.29 is 19.8 Å². The number of nitrogens with one attached hydrogen (secondary N) is 1. The number of nitrogens with zero attached hydrogens (tertiary/aromatic N) is 1. The quantitative estimate of drug-likeness (QED) is 0.559. The van der Waals surface area contributed by atoms with Crippen LogP contribution in [0.15, 0.2) is 48.5 Å². The van der Waals surface area contributed by atoms with Crippen molar-refractivity contribution in [3.63, 3.8) is 0 Å². The van der Waals surface area contributed by atoms with E-state index in [-0.39, 0.29) is 42.2 Å². The van der Waals surface area contributed by atoms with Crippen molar-refractivity contribution in [1.82, 2.24) is 10.2 Å². The molecular weight excluding hydrogens is 380 g/mol. The Balaban J connectivity index is 2.01. The van der Waals surface area contributed by atoms with Crippen LogP contribution in [0.2, 0.25) is 0 Å². The van der Waals surface area contributed by atoms with Gasteiger partial charge in [0.05, 0.1) is 12.8 Å². The minimum atomic E-state index is -0.164. The van der Waals surface area contributed by atoms with E-state index in [9.17, 15) is 19.8 Å². The molecule has 6 heteroatoms. The van der Waals surface area contributed by atoms with Crippen LogP contribution in [-0.4, -0.2) is 46.1 Å². The van der Waals surface area contributed by atoms with Crippen LogP contribution < -0.4 is 5.32 Å². The van der Waals surface area contributed by atoms with Crippen molar-refractivity contribution in [3.8, 4) is 11.5 Å². The molecule has 2 rings (SSSR count). The van der Waals surface area contributed by atoms with Crippen LogP contribution >= 0.6 is 0 Å². The molecule has 0 saturated heterocycles. The summed E-state index contributed by atoms with van der Waals surface area (Å²) >= 11 is 0. The topological polar surface area (TPSA) is 89.9 Å². The summed E-state index contributed by atoms with van der Waals surface area (Å²) < 4.78 is 0. The Morgan fingerprint density at radius 2 is 1.53 bits per heavy atom. The molecule has 0 bridgehead atoms. The summed E-state index contributed by atoms with van der Waals surface area (Å²) in [5.74, 6) is 0.451. The van der Waals surface area contributed by atoms with E-state index in [0.717, 1.165) is 17.5 Å². The Morgan fingerprint density at radius 1 is 0.967 bits per heavy atom. The van der Waals surface area contributed by atoms with E-state index in [0.29, 0.717) is 19.0 Å². The first-order valence-electron chi connectivity index (χ1n) is 10.4. The summed E-state index contributed by atoms with van der Waals surface area (Å²) in [5.41, 5.74) is 1.50. The minimum absolute atomic E-state index is 0.0425. The molecule has 2 aromatic rings. The highest BCUT2D eigenvalue weighted by atomic mass is 16.3. The van der Waals surface area contributed by atoms with Gasteiger partial charge >= 0.3 is 0 Å². The van der Waals surface area contributed by atoms with Gasteiger partial charge in [-0.05, 0) is 54.7 Å². The van der Waals surface area contributed by atoms with Gasteiger partial charge in [-0.25, -0.2) is 0 Å². The average molecular weight is 413 g/mol. The minimum Gasteiger partial charge on any atom is -0.508 e. The first-order valence-corrected chi connectivity index (χ1v) is 10.4. The molecule has 6 nitrogen and oxygen atoms in total. The lowest BCUT2D eigenvalue weighted by Crippen LogP contribution is -2.47. The molecule has 0 saturated carbocycles. The highest BCUT2D eigenvalue weighted by molar-refractivity contribution is 5.80. The van der Waals surface area contributed by atoms with Crippen molar-refractivity contribution in [2.75, 3.05) is 13.1 Å². The second-order valence-electron chi connectivity index (χ2n) is 8.02. The SMILES string of the molecule is CCN(C[C@@H](CC(C)C)NC(=O)Cc1cccc(O)c1)C(=O)Cc1cccc(O)c1. The summed E-state index contributed by atoms with van der Waals surface area (Å²) in [6.07, 6.45) is 1.13. The number of benzene rings is 2. The van der Waals surface area contributed by atoms with Gasteiger partial charge in [0, 0.05) is 19.1 Å². The smallest absolute Gasteiger partial charge is 0.227 e. The fraction of sp³-hybridized carbons (Fsp3) is 0.417. The number of phenols is 2. The predicted molar refractivity (Wildman–Crippen MR) is 117 cm³/mol.